The van der Waals surface area contributed by atoms with Crippen molar-refractivity contribution in [3.05, 3.63) is 53.2 Å². The molecule has 0 aliphatic heterocycles. The fourth-order valence-electron chi connectivity index (χ4n) is 2.81. The monoisotopic (exact) mass is 399 g/mol. The molecule has 0 saturated heterocycles. The summed E-state index contributed by atoms with van der Waals surface area (Å²) in [5, 5.41) is 12.8. The van der Waals surface area contributed by atoms with Crippen molar-refractivity contribution in [3.63, 3.8) is 0 Å². The van der Waals surface area contributed by atoms with Crippen LogP contribution in [0.15, 0.2) is 40.3 Å². The molecule has 0 bridgehead atoms. The van der Waals surface area contributed by atoms with E-state index in [4.69, 9.17) is 4.52 Å². The average molecular weight is 400 g/mol. The van der Waals surface area contributed by atoms with Crippen LogP contribution in [0.3, 0.4) is 0 Å². The Bertz CT molecular complexity index is 926. The van der Waals surface area contributed by atoms with Gasteiger partial charge in [0.15, 0.2) is 5.16 Å². The quantitative estimate of drug-likeness (QED) is 0.563. The van der Waals surface area contributed by atoms with Gasteiger partial charge in [0.25, 0.3) is 0 Å². The van der Waals surface area contributed by atoms with E-state index in [0.29, 0.717) is 17.6 Å². The lowest BCUT2D eigenvalue weighted by molar-refractivity contribution is -0.127. The summed E-state index contributed by atoms with van der Waals surface area (Å²) in [7, 11) is 1.78. The number of amides is 1. The molecular formula is C20H25N5O2S. The first kappa shape index (κ1) is 20.1. The molecule has 148 valence electrons. The summed E-state index contributed by atoms with van der Waals surface area (Å²) in [4.78, 5) is 14.2. The molecule has 0 aliphatic rings. The van der Waals surface area contributed by atoms with Crippen LogP contribution >= 0.6 is 11.8 Å². The van der Waals surface area contributed by atoms with Gasteiger partial charge >= 0.3 is 0 Å². The van der Waals surface area contributed by atoms with Gasteiger partial charge in [-0.25, -0.2) is 0 Å². The normalized spacial score (nSPS) is 11.2. The second kappa shape index (κ2) is 8.60. The Hall–Kier alpha value is -2.61. The van der Waals surface area contributed by atoms with Gasteiger partial charge in [0.2, 0.25) is 5.91 Å². The molecule has 1 amide bonds. The predicted octanol–water partition coefficient (Wildman–Crippen LogP) is 3.75. The molecule has 7 nitrogen and oxygen atoms in total. The number of aryl methyl sites for hydroxylation is 2. The average Bonchev–Trinajstić information content (AvgIpc) is 3.27. The standard InChI is InChI=1S/C20H25N5O2S/c1-13(2)16-6-8-17(9-7-16)25-12-21-22-20(25)28-11-19(26)24(5)10-18-14(3)23-27-15(18)4/h6-9,12-13H,10-11H2,1-5H3. The largest absolute Gasteiger partial charge is 0.361 e. The Balaban J connectivity index is 1.63. The van der Waals surface area contributed by atoms with Crippen LogP contribution in [0.2, 0.25) is 0 Å². The Kier molecular flexibility index (Phi) is 6.18. The third kappa shape index (κ3) is 4.44. The lowest BCUT2D eigenvalue weighted by Gasteiger charge is -2.16. The molecule has 0 radical (unpaired) electrons. The van der Waals surface area contributed by atoms with Gasteiger partial charge in [-0.1, -0.05) is 42.9 Å². The third-order valence-electron chi connectivity index (χ3n) is 4.68. The highest BCUT2D eigenvalue weighted by molar-refractivity contribution is 7.99. The fourth-order valence-corrected chi connectivity index (χ4v) is 3.68. The summed E-state index contributed by atoms with van der Waals surface area (Å²) in [5.41, 5.74) is 4.03. The van der Waals surface area contributed by atoms with Crippen molar-refractivity contribution < 1.29 is 9.32 Å². The zero-order valence-electron chi connectivity index (χ0n) is 16.8. The van der Waals surface area contributed by atoms with Crippen molar-refractivity contribution in [3.8, 4) is 5.69 Å². The highest BCUT2D eigenvalue weighted by Gasteiger charge is 2.17. The Labute approximate surface area is 169 Å². The minimum absolute atomic E-state index is 0.00899. The fraction of sp³-hybridized carbons (Fsp3) is 0.400. The summed E-state index contributed by atoms with van der Waals surface area (Å²) < 4.78 is 7.07. The lowest BCUT2D eigenvalue weighted by atomic mass is 10.0. The molecule has 1 aromatic carbocycles. The molecule has 0 fully saturated rings. The van der Waals surface area contributed by atoms with Crippen molar-refractivity contribution >= 4 is 17.7 Å². The van der Waals surface area contributed by atoms with Crippen LogP contribution in [-0.2, 0) is 11.3 Å². The SMILES string of the molecule is Cc1noc(C)c1CN(C)C(=O)CSc1nncn1-c1ccc(C(C)C)cc1. The van der Waals surface area contributed by atoms with E-state index < -0.39 is 0 Å². The van der Waals surface area contributed by atoms with Crippen LogP contribution in [0, 0.1) is 13.8 Å². The van der Waals surface area contributed by atoms with Crippen LogP contribution in [0.4, 0.5) is 0 Å². The molecule has 2 aromatic heterocycles. The van der Waals surface area contributed by atoms with E-state index in [9.17, 15) is 4.79 Å². The number of thioether (sulfide) groups is 1. The second-order valence-electron chi connectivity index (χ2n) is 7.07. The molecule has 3 rings (SSSR count). The first-order valence-electron chi connectivity index (χ1n) is 9.15. The van der Waals surface area contributed by atoms with E-state index in [1.807, 2.05) is 30.5 Å². The molecule has 0 aliphatic carbocycles. The van der Waals surface area contributed by atoms with Crippen molar-refractivity contribution in [1.82, 2.24) is 24.8 Å². The van der Waals surface area contributed by atoms with Gasteiger partial charge in [-0.15, -0.1) is 10.2 Å². The summed E-state index contributed by atoms with van der Waals surface area (Å²) in [6.07, 6.45) is 1.67. The summed E-state index contributed by atoms with van der Waals surface area (Å²) in [6, 6.07) is 8.32. The van der Waals surface area contributed by atoms with Crippen LogP contribution < -0.4 is 0 Å². The van der Waals surface area contributed by atoms with E-state index in [1.54, 1.807) is 18.3 Å². The summed E-state index contributed by atoms with van der Waals surface area (Å²) in [5.74, 6) is 1.52. The van der Waals surface area contributed by atoms with Crippen molar-refractivity contribution in [2.24, 2.45) is 0 Å². The Morgan fingerprint density at radius 1 is 1.25 bits per heavy atom. The van der Waals surface area contributed by atoms with E-state index in [1.165, 1.54) is 17.3 Å². The smallest absolute Gasteiger partial charge is 0.233 e. The number of carbonyl (C=O) groups excluding carboxylic acids is 1. The van der Waals surface area contributed by atoms with Gasteiger partial charge in [-0.3, -0.25) is 9.36 Å². The van der Waals surface area contributed by atoms with Gasteiger partial charge in [0.05, 0.1) is 18.0 Å². The highest BCUT2D eigenvalue weighted by Crippen LogP contribution is 2.22. The van der Waals surface area contributed by atoms with Gasteiger partial charge in [-0.2, -0.15) is 0 Å². The molecule has 0 N–H and O–H groups in total. The topological polar surface area (TPSA) is 77.1 Å². The van der Waals surface area contributed by atoms with E-state index in [2.05, 4.69) is 41.3 Å². The van der Waals surface area contributed by atoms with Crippen LogP contribution in [0.25, 0.3) is 5.69 Å². The van der Waals surface area contributed by atoms with E-state index >= 15 is 0 Å². The molecule has 0 unspecified atom stereocenters. The van der Waals surface area contributed by atoms with E-state index in [0.717, 1.165) is 22.7 Å². The van der Waals surface area contributed by atoms with Crippen LogP contribution in [0.5, 0.6) is 0 Å². The van der Waals surface area contributed by atoms with Gasteiger partial charge in [-0.05, 0) is 37.5 Å². The molecule has 8 heteroatoms. The number of rotatable bonds is 7. The minimum Gasteiger partial charge on any atom is -0.361 e. The van der Waals surface area contributed by atoms with Gasteiger partial charge < -0.3 is 9.42 Å². The second-order valence-corrected chi connectivity index (χ2v) is 8.01. The maximum absolute atomic E-state index is 12.6. The van der Waals surface area contributed by atoms with Crippen molar-refractivity contribution in [1.29, 1.82) is 0 Å². The number of hydrogen-bond acceptors (Lipinski definition) is 6. The lowest BCUT2D eigenvalue weighted by Crippen LogP contribution is -2.28. The molecular weight excluding hydrogens is 374 g/mol. The zero-order chi connectivity index (χ0) is 20.3. The van der Waals surface area contributed by atoms with E-state index in [-0.39, 0.29) is 11.7 Å². The molecule has 2 heterocycles. The van der Waals surface area contributed by atoms with Crippen molar-refractivity contribution in [2.75, 3.05) is 12.8 Å². The Morgan fingerprint density at radius 3 is 2.57 bits per heavy atom. The predicted molar refractivity (Wildman–Crippen MR) is 109 cm³/mol. The molecule has 0 atom stereocenters. The van der Waals surface area contributed by atoms with Crippen LogP contribution in [-0.4, -0.2) is 43.5 Å². The molecule has 28 heavy (non-hydrogen) atoms. The maximum atomic E-state index is 12.6. The number of benzene rings is 1. The van der Waals surface area contributed by atoms with Crippen molar-refractivity contribution in [2.45, 2.75) is 45.3 Å². The number of hydrogen-bond donors (Lipinski definition) is 0. The zero-order valence-corrected chi connectivity index (χ0v) is 17.7. The van der Waals surface area contributed by atoms with Gasteiger partial charge in [0, 0.05) is 18.3 Å². The molecule has 0 spiro atoms. The first-order chi connectivity index (χ1) is 13.4. The molecule has 0 saturated carbocycles. The number of nitrogens with zero attached hydrogens (tertiary/aromatic N) is 5. The minimum atomic E-state index is 0.00899. The van der Waals surface area contributed by atoms with Crippen LogP contribution in [0.1, 0.15) is 42.3 Å². The third-order valence-corrected chi connectivity index (χ3v) is 5.61. The Morgan fingerprint density at radius 2 is 1.96 bits per heavy atom. The highest BCUT2D eigenvalue weighted by atomic mass is 32.2. The number of carbonyl (C=O) groups is 1. The molecule has 3 aromatic rings. The summed E-state index contributed by atoms with van der Waals surface area (Å²) >= 11 is 1.38. The maximum Gasteiger partial charge on any atom is 0.233 e. The number of aromatic nitrogens is 4. The summed E-state index contributed by atoms with van der Waals surface area (Å²) in [6.45, 7) is 8.55. The van der Waals surface area contributed by atoms with Gasteiger partial charge in [0.1, 0.15) is 12.1 Å². The first-order valence-corrected chi connectivity index (χ1v) is 10.1.